The number of benzene rings is 2. The molecule has 8 nitrogen and oxygen atoms in total. The Morgan fingerprint density at radius 3 is 2.42 bits per heavy atom. The fraction of sp³-hybridized carbons (Fsp3) is 0.440. The second kappa shape index (κ2) is 10.5. The zero-order valence-electron chi connectivity index (χ0n) is 19.8. The Morgan fingerprint density at radius 1 is 1.18 bits per heavy atom. The molecule has 1 aliphatic rings. The molecule has 1 fully saturated rings. The van der Waals surface area contributed by atoms with E-state index in [1.807, 2.05) is 13.8 Å². The van der Waals surface area contributed by atoms with Gasteiger partial charge in [-0.15, -0.1) is 0 Å². The highest BCUT2D eigenvalue weighted by molar-refractivity contribution is 5.97. The predicted molar refractivity (Wildman–Crippen MR) is 124 cm³/mol. The van der Waals surface area contributed by atoms with Gasteiger partial charge in [-0.2, -0.15) is 10.2 Å². The number of ether oxygens (including phenoxy) is 2. The van der Waals surface area contributed by atoms with E-state index in [1.165, 1.54) is 6.07 Å². The summed E-state index contributed by atoms with van der Waals surface area (Å²) in [4.78, 5) is 26.3. The fourth-order valence-corrected chi connectivity index (χ4v) is 3.61. The van der Waals surface area contributed by atoms with Gasteiger partial charge >= 0.3 is 5.97 Å². The maximum Gasteiger partial charge on any atom is 0.332 e. The summed E-state index contributed by atoms with van der Waals surface area (Å²) in [6, 6.07) is 7.82. The molecular formula is C25H31N3O5. The van der Waals surface area contributed by atoms with Gasteiger partial charge in [0.2, 0.25) is 0 Å². The number of hydrogen-bond acceptors (Lipinski definition) is 7. The van der Waals surface area contributed by atoms with E-state index in [2.05, 4.69) is 10.2 Å². The van der Waals surface area contributed by atoms with Crippen molar-refractivity contribution in [2.45, 2.75) is 59.0 Å². The fourth-order valence-electron chi connectivity index (χ4n) is 3.61. The minimum Gasteiger partial charge on any atom is -0.507 e. The van der Waals surface area contributed by atoms with E-state index in [0.29, 0.717) is 23.8 Å². The Labute approximate surface area is 194 Å². The third kappa shape index (κ3) is 5.69. The number of esters is 1. The normalized spacial score (nSPS) is 14.6. The zero-order valence-corrected chi connectivity index (χ0v) is 19.8. The SMILES string of the molecule is CCOC(=O)C(C)N=Nc1cc(C)c(Oc2ccc(O)c(C(=O)N(C)C3CCC3)c2)c(C)c1. The van der Waals surface area contributed by atoms with E-state index in [-0.39, 0.29) is 23.3 Å². The molecule has 8 heteroatoms. The molecule has 33 heavy (non-hydrogen) atoms. The van der Waals surface area contributed by atoms with E-state index in [1.54, 1.807) is 50.1 Å². The maximum atomic E-state index is 12.9. The van der Waals surface area contributed by atoms with E-state index in [9.17, 15) is 14.7 Å². The van der Waals surface area contributed by atoms with Crippen molar-refractivity contribution in [3.8, 4) is 17.2 Å². The van der Waals surface area contributed by atoms with Crippen LogP contribution in [-0.4, -0.2) is 47.6 Å². The first-order valence-electron chi connectivity index (χ1n) is 11.2. The number of nitrogens with zero attached hydrogens (tertiary/aromatic N) is 3. The second-order valence-electron chi connectivity index (χ2n) is 8.33. The molecule has 0 saturated heterocycles. The van der Waals surface area contributed by atoms with Crippen molar-refractivity contribution >= 4 is 17.6 Å². The van der Waals surface area contributed by atoms with Crippen LogP contribution in [-0.2, 0) is 9.53 Å². The zero-order chi connectivity index (χ0) is 24.1. The quantitative estimate of drug-likeness (QED) is 0.422. The first kappa shape index (κ1) is 24.2. The molecule has 3 rings (SSSR count). The van der Waals surface area contributed by atoms with Crippen molar-refractivity contribution in [2.24, 2.45) is 10.2 Å². The summed E-state index contributed by atoms with van der Waals surface area (Å²) in [6.07, 6.45) is 3.09. The van der Waals surface area contributed by atoms with Gasteiger partial charge < -0.3 is 19.5 Å². The van der Waals surface area contributed by atoms with Crippen LogP contribution in [0.2, 0.25) is 0 Å². The molecule has 176 valence electrons. The van der Waals surface area contributed by atoms with Gasteiger partial charge in [0.1, 0.15) is 17.2 Å². The van der Waals surface area contributed by atoms with Crippen LogP contribution in [0.3, 0.4) is 0 Å². The van der Waals surface area contributed by atoms with Crippen LogP contribution in [0.1, 0.15) is 54.6 Å². The lowest BCUT2D eigenvalue weighted by Crippen LogP contribution is -2.41. The third-order valence-corrected chi connectivity index (χ3v) is 5.78. The van der Waals surface area contributed by atoms with E-state index >= 15 is 0 Å². The van der Waals surface area contributed by atoms with Gasteiger partial charge in [-0.3, -0.25) is 4.79 Å². The van der Waals surface area contributed by atoms with Crippen molar-refractivity contribution in [3.05, 3.63) is 47.0 Å². The Hall–Kier alpha value is -3.42. The molecule has 1 aliphatic carbocycles. The Morgan fingerprint density at radius 2 is 1.85 bits per heavy atom. The average Bonchev–Trinajstić information content (AvgIpc) is 2.74. The number of hydrogen-bond donors (Lipinski definition) is 1. The molecule has 0 heterocycles. The van der Waals surface area contributed by atoms with E-state index < -0.39 is 12.0 Å². The van der Waals surface area contributed by atoms with Gasteiger partial charge in [0.05, 0.1) is 17.9 Å². The number of phenols is 1. The molecule has 1 amide bonds. The van der Waals surface area contributed by atoms with E-state index in [0.717, 1.165) is 30.4 Å². The monoisotopic (exact) mass is 453 g/mol. The number of carbonyl (C=O) groups excluding carboxylic acids is 2. The van der Waals surface area contributed by atoms with Crippen LogP contribution in [0.4, 0.5) is 5.69 Å². The van der Waals surface area contributed by atoms with Crippen LogP contribution in [0, 0.1) is 13.8 Å². The average molecular weight is 454 g/mol. The molecule has 1 unspecified atom stereocenters. The highest BCUT2D eigenvalue weighted by Crippen LogP contribution is 2.35. The molecule has 2 aromatic carbocycles. The number of aryl methyl sites for hydroxylation is 2. The molecule has 0 aliphatic heterocycles. The number of carbonyl (C=O) groups is 2. The molecule has 0 bridgehead atoms. The summed E-state index contributed by atoms with van der Waals surface area (Å²) in [5.74, 6) is 0.370. The Balaban J connectivity index is 1.78. The topological polar surface area (TPSA) is 101 Å². The van der Waals surface area contributed by atoms with Gasteiger partial charge in [-0.1, -0.05) is 0 Å². The third-order valence-electron chi connectivity index (χ3n) is 5.78. The van der Waals surface area contributed by atoms with Crippen molar-refractivity contribution in [1.82, 2.24) is 4.90 Å². The van der Waals surface area contributed by atoms with Gasteiger partial charge in [0.15, 0.2) is 6.04 Å². The highest BCUT2D eigenvalue weighted by atomic mass is 16.5. The van der Waals surface area contributed by atoms with Gasteiger partial charge in [-0.25, -0.2) is 4.79 Å². The van der Waals surface area contributed by atoms with Crippen LogP contribution >= 0.6 is 0 Å². The number of phenolic OH excluding ortho intramolecular Hbond substituents is 1. The van der Waals surface area contributed by atoms with E-state index in [4.69, 9.17) is 9.47 Å². The summed E-state index contributed by atoms with van der Waals surface area (Å²) < 4.78 is 11.0. The van der Waals surface area contributed by atoms with Crippen molar-refractivity contribution in [3.63, 3.8) is 0 Å². The number of amides is 1. The number of aromatic hydroxyl groups is 1. The standard InChI is InChI=1S/C25H31N3O5/c1-6-32-25(31)17(4)26-27-18-12-15(2)23(16(3)13-18)33-20-10-11-22(29)21(14-20)24(30)28(5)19-8-7-9-19/h10-14,17,19,29H,6-9H2,1-5H3. The minimum atomic E-state index is -0.687. The predicted octanol–water partition coefficient (Wildman–Crippen LogP) is 5.46. The molecule has 0 aromatic heterocycles. The molecule has 1 atom stereocenters. The highest BCUT2D eigenvalue weighted by Gasteiger charge is 2.28. The maximum absolute atomic E-state index is 12.9. The summed E-state index contributed by atoms with van der Waals surface area (Å²) in [5.41, 5.74) is 2.45. The van der Waals surface area contributed by atoms with Crippen molar-refractivity contribution < 1.29 is 24.2 Å². The lowest BCUT2D eigenvalue weighted by atomic mass is 9.91. The summed E-state index contributed by atoms with van der Waals surface area (Å²) in [5, 5.41) is 18.5. The molecule has 1 saturated carbocycles. The first-order chi connectivity index (χ1) is 15.7. The Bertz CT molecular complexity index is 1040. The second-order valence-corrected chi connectivity index (χ2v) is 8.33. The molecule has 2 aromatic rings. The summed E-state index contributed by atoms with van der Waals surface area (Å²) in [7, 11) is 1.77. The van der Waals surface area contributed by atoms with Gasteiger partial charge in [0, 0.05) is 13.1 Å². The largest absolute Gasteiger partial charge is 0.507 e. The number of azo groups is 1. The molecule has 0 radical (unpaired) electrons. The lowest BCUT2D eigenvalue weighted by Gasteiger charge is -2.34. The van der Waals surface area contributed by atoms with Crippen molar-refractivity contribution in [2.75, 3.05) is 13.7 Å². The van der Waals surface area contributed by atoms with Crippen LogP contribution < -0.4 is 4.74 Å². The van der Waals surface area contributed by atoms with Gasteiger partial charge in [0.25, 0.3) is 5.91 Å². The van der Waals surface area contributed by atoms with Crippen LogP contribution in [0.15, 0.2) is 40.6 Å². The Kier molecular flexibility index (Phi) is 7.68. The van der Waals surface area contributed by atoms with Crippen LogP contribution in [0.5, 0.6) is 17.2 Å². The summed E-state index contributed by atoms with van der Waals surface area (Å²) >= 11 is 0. The minimum absolute atomic E-state index is 0.0709. The molecule has 0 spiro atoms. The smallest absolute Gasteiger partial charge is 0.332 e. The lowest BCUT2D eigenvalue weighted by molar-refractivity contribution is -0.144. The van der Waals surface area contributed by atoms with Gasteiger partial charge in [-0.05, 0) is 88.4 Å². The molecule has 1 N–H and O–H groups in total. The molecular weight excluding hydrogens is 422 g/mol. The number of rotatable bonds is 8. The van der Waals surface area contributed by atoms with Crippen LogP contribution in [0.25, 0.3) is 0 Å². The van der Waals surface area contributed by atoms with Crippen molar-refractivity contribution in [1.29, 1.82) is 0 Å². The summed E-state index contributed by atoms with van der Waals surface area (Å²) in [6.45, 7) is 7.43. The first-order valence-corrected chi connectivity index (χ1v) is 11.2.